The summed E-state index contributed by atoms with van der Waals surface area (Å²) >= 11 is 1.72. The molecule has 2 aliphatic heterocycles. The Bertz CT molecular complexity index is 852. The summed E-state index contributed by atoms with van der Waals surface area (Å²) in [6.45, 7) is 4.12. The van der Waals surface area contributed by atoms with Crippen LogP contribution in [0, 0.1) is 6.92 Å². The molecule has 1 N–H and O–H groups in total. The van der Waals surface area contributed by atoms with Crippen LogP contribution in [0.15, 0.2) is 54.6 Å². The normalized spacial score (nSPS) is 25.3. The fourth-order valence-corrected chi connectivity index (χ4v) is 5.45. The molecule has 2 amide bonds. The Kier molecular flexibility index (Phi) is 4.72. The highest BCUT2D eigenvalue weighted by Gasteiger charge is 2.53. The molecule has 0 aliphatic carbocycles. The summed E-state index contributed by atoms with van der Waals surface area (Å²) in [6, 6.07) is 17.6. The maximum absolute atomic E-state index is 13.2. The maximum atomic E-state index is 13.2. The minimum atomic E-state index is -0.397. The third-order valence-electron chi connectivity index (χ3n) is 5.58. The van der Waals surface area contributed by atoms with Crippen LogP contribution in [0.5, 0.6) is 0 Å². The monoisotopic (exact) mass is 380 g/mol. The zero-order valence-electron chi connectivity index (χ0n) is 15.6. The van der Waals surface area contributed by atoms with Gasteiger partial charge in [-0.15, -0.1) is 11.8 Å². The Morgan fingerprint density at radius 1 is 1.15 bits per heavy atom. The topological polar surface area (TPSA) is 49.4 Å². The third kappa shape index (κ3) is 3.36. The molecule has 0 bridgehead atoms. The molecular formula is C22H24N2O2S. The highest BCUT2D eigenvalue weighted by atomic mass is 32.2. The Balaban J connectivity index is 1.61. The highest BCUT2D eigenvalue weighted by molar-refractivity contribution is 8.01. The van der Waals surface area contributed by atoms with E-state index >= 15 is 0 Å². The minimum absolute atomic E-state index is 0.0732. The van der Waals surface area contributed by atoms with Crippen LogP contribution in [-0.2, 0) is 9.59 Å². The molecule has 2 aliphatic rings. The van der Waals surface area contributed by atoms with Crippen molar-refractivity contribution in [3.05, 3.63) is 71.3 Å². The lowest BCUT2D eigenvalue weighted by Gasteiger charge is -2.31. The summed E-state index contributed by atoms with van der Waals surface area (Å²) in [6.07, 6.45) is 1.35. The summed E-state index contributed by atoms with van der Waals surface area (Å²) in [7, 11) is 0. The predicted molar refractivity (Wildman–Crippen MR) is 108 cm³/mol. The lowest BCUT2D eigenvalue weighted by molar-refractivity contribution is -0.138. The standard InChI is InChI=1S/C22H24N2O2S/c1-15-8-10-17(11-9-15)20(16-6-4-3-5-7-16)23-21(26)18-14-27-22(2)13-12-19(25)24(18)22/h3-11,18,20H,12-14H2,1-2H3,(H,23,26). The third-order valence-corrected chi connectivity index (χ3v) is 7.08. The molecule has 0 aromatic heterocycles. The Hall–Kier alpha value is -2.27. The number of aryl methyl sites for hydroxylation is 1. The molecule has 4 rings (SSSR count). The summed E-state index contributed by atoms with van der Waals surface area (Å²) < 4.78 is 0. The van der Waals surface area contributed by atoms with Gasteiger partial charge in [-0.05, 0) is 31.4 Å². The van der Waals surface area contributed by atoms with Gasteiger partial charge in [0.1, 0.15) is 6.04 Å². The first-order valence-corrected chi connectivity index (χ1v) is 10.3. The molecular weight excluding hydrogens is 356 g/mol. The summed E-state index contributed by atoms with van der Waals surface area (Å²) in [4.78, 5) is 27.1. The predicted octanol–water partition coefficient (Wildman–Crippen LogP) is 3.65. The highest BCUT2D eigenvalue weighted by Crippen LogP contribution is 2.47. The van der Waals surface area contributed by atoms with E-state index in [2.05, 4.69) is 43.4 Å². The second-order valence-corrected chi connectivity index (χ2v) is 9.03. The van der Waals surface area contributed by atoms with Gasteiger partial charge in [-0.1, -0.05) is 60.2 Å². The van der Waals surface area contributed by atoms with E-state index in [1.807, 2.05) is 35.2 Å². The molecule has 0 spiro atoms. The van der Waals surface area contributed by atoms with Gasteiger partial charge in [0.05, 0.1) is 10.9 Å². The van der Waals surface area contributed by atoms with Crippen molar-refractivity contribution in [2.75, 3.05) is 5.75 Å². The zero-order chi connectivity index (χ0) is 19.0. The van der Waals surface area contributed by atoms with Crippen molar-refractivity contribution < 1.29 is 9.59 Å². The lowest BCUT2D eigenvalue weighted by atomic mass is 9.97. The maximum Gasteiger partial charge on any atom is 0.244 e. The smallest absolute Gasteiger partial charge is 0.244 e. The molecule has 2 heterocycles. The number of nitrogens with zero attached hydrogens (tertiary/aromatic N) is 1. The van der Waals surface area contributed by atoms with Crippen LogP contribution < -0.4 is 5.32 Å². The van der Waals surface area contributed by atoms with Crippen molar-refractivity contribution in [2.24, 2.45) is 0 Å². The number of fused-ring (bicyclic) bond motifs is 1. The average Bonchev–Trinajstić information content (AvgIpc) is 3.17. The van der Waals surface area contributed by atoms with Crippen molar-refractivity contribution in [3.8, 4) is 0 Å². The molecule has 2 fully saturated rings. The minimum Gasteiger partial charge on any atom is -0.343 e. The first-order chi connectivity index (χ1) is 13.0. The van der Waals surface area contributed by atoms with E-state index in [0.717, 1.165) is 17.5 Å². The first kappa shape index (κ1) is 18.1. The van der Waals surface area contributed by atoms with Gasteiger partial charge in [0.2, 0.25) is 11.8 Å². The van der Waals surface area contributed by atoms with Crippen molar-refractivity contribution in [3.63, 3.8) is 0 Å². The Labute approximate surface area is 164 Å². The van der Waals surface area contributed by atoms with Gasteiger partial charge >= 0.3 is 0 Å². The molecule has 3 unspecified atom stereocenters. The summed E-state index contributed by atoms with van der Waals surface area (Å²) in [5.74, 6) is 0.675. The van der Waals surface area contributed by atoms with Crippen LogP contribution in [0.1, 0.15) is 42.5 Å². The number of nitrogens with one attached hydrogen (secondary N) is 1. The van der Waals surface area contributed by atoms with Crippen LogP contribution in [0.25, 0.3) is 0 Å². The number of carbonyl (C=O) groups excluding carboxylic acids is 2. The van der Waals surface area contributed by atoms with E-state index < -0.39 is 6.04 Å². The fraction of sp³-hybridized carbons (Fsp3) is 0.364. The number of rotatable bonds is 4. The number of amides is 2. The van der Waals surface area contributed by atoms with Gasteiger partial charge in [-0.3, -0.25) is 9.59 Å². The van der Waals surface area contributed by atoms with Crippen LogP contribution in [0.2, 0.25) is 0 Å². The lowest BCUT2D eigenvalue weighted by Crippen LogP contribution is -2.50. The van der Waals surface area contributed by atoms with Crippen LogP contribution >= 0.6 is 11.8 Å². The van der Waals surface area contributed by atoms with Crippen molar-refractivity contribution >= 4 is 23.6 Å². The van der Waals surface area contributed by atoms with Gasteiger partial charge in [0.15, 0.2) is 0 Å². The largest absolute Gasteiger partial charge is 0.343 e. The molecule has 2 aromatic carbocycles. The number of carbonyl (C=O) groups is 2. The molecule has 0 saturated carbocycles. The number of thioether (sulfide) groups is 1. The second kappa shape index (κ2) is 7.04. The van der Waals surface area contributed by atoms with Crippen LogP contribution in [0.3, 0.4) is 0 Å². The van der Waals surface area contributed by atoms with Crippen LogP contribution in [0.4, 0.5) is 0 Å². The van der Waals surface area contributed by atoms with E-state index in [4.69, 9.17) is 0 Å². The SMILES string of the molecule is Cc1ccc(C(NC(=O)C2CSC3(C)CCC(=O)N23)c2ccccc2)cc1. The molecule has 140 valence electrons. The van der Waals surface area contributed by atoms with Gasteiger partial charge in [0.25, 0.3) is 0 Å². The first-order valence-electron chi connectivity index (χ1n) is 9.36. The van der Waals surface area contributed by atoms with Gasteiger partial charge in [-0.25, -0.2) is 0 Å². The molecule has 0 radical (unpaired) electrons. The van der Waals surface area contributed by atoms with Crippen molar-refractivity contribution in [2.45, 2.75) is 43.6 Å². The molecule has 2 saturated heterocycles. The van der Waals surface area contributed by atoms with Gasteiger partial charge < -0.3 is 10.2 Å². The molecule has 3 atom stereocenters. The zero-order valence-corrected chi connectivity index (χ0v) is 16.5. The van der Waals surface area contributed by atoms with E-state index in [1.54, 1.807) is 11.8 Å². The van der Waals surface area contributed by atoms with E-state index in [-0.39, 0.29) is 22.7 Å². The fourth-order valence-electron chi connectivity index (χ4n) is 4.02. The molecule has 2 aromatic rings. The van der Waals surface area contributed by atoms with E-state index in [1.165, 1.54) is 5.56 Å². The summed E-state index contributed by atoms with van der Waals surface area (Å²) in [5.41, 5.74) is 3.26. The van der Waals surface area contributed by atoms with Crippen molar-refractivity contribution in [1.29, 1.82) is 0 Å². The quantitative estimate of drug-likeness (QED) is 0.881. The molecule has 27 heavy (non-hydrogen) atoms. The average molecular weight is 381 g/mol. The second-order valence-electron chi connectivity index (χ2n) is 7.53. The van der Waals surface area contributed by atoms with Crippen LogP contribution in [-0.4, -0.2) is 33.4 Å². The number of hydrogen-bond donors (Lipinski definition) is 1. The van der Waals surface area contributed by atoms with Gasteiger partial charge in [0, 0.05) is 12.2 Å². The number of hydrogen-bond acceptors (Lipinski definition) is 3. The Morgan fingerprint density at radius 3 is 2.52 bits per heavy atom. The number of benzene rings is 2. The van der Waals surface area contributed by atoms with E-state index in [9.17, 15) is 9.59 Å². The van der Waals surface area contributed by atoms with E-state index in [0.29, 0.717) is 12.2 Å². The molecule has 5 heteroatoms. The summed E-state index contributed by atoms with van der Waals surface area (Å²) in [5, 5.41) is 3.22. The van der Waals surface area contributed by atoms with Gasteiger partial charge in [-0.2, -0.15) is 0 Å². The molecule has 4 nitrogen and oxygen atoms in total. The Morgan fingerprint density at radius 2 is 1.81 bits per heavy atom. The van der Waals surface area contributed by atoms with Crippen molar-refractivity contribution in [1.82, 2.24) is 10.2 Å².